The summed E-state index contributed by atoms with van der Waals surface area (Å²) in [6.07, 6.45) is 0. The van der Waals surface area contributed by atoms with E-state index in [1.807, 2.05) is 24.3 Å². The van der Waals surface area contributed by atoms with Crippen LogP contribution >= 0.6 is 16.5 Å². The summed E-state index contributed by atoms with van der Waals surface area (Å²) in [7, 11) is -4.06. The van der Waals surface area contributed by atoms with Crippen LogP contribution in [0.3, 0.4) is 0 Å². The van der Waals surface area contributed by atoms with Crippen LogP contribution in [-0.2, 0) is 43.3 Å². The normalized spacial score (nSPS) is 13.7. The van der Waals surface area contributed by atoms with E-state index in [-0.39, 0.29) is 43.3 Å². The molecular formula is C62H84O6P2. The van der Waals surface area contributed by atoms with Gasteiger partial charge in [0.2, 0.25) is 0 Å². The molecule has 0 atom stereocenters. The average molecular weight is 987 g/mol. The van der Waals surface area contributed by atoms with E-state index in [1.165, 1.54) is 22.3 Å². The lowest BCUT2D eigenvalue weighted by atomic mass is 9.77. The Morgan fingerprint density at radius 1 is 0.286 bits per heavy atom. The molecule has 2 aromatic heterocycles. The Kier molecular flexibility index (Phi) is 13.4. The molecule has 0 aliphatic heterocycles. The largest absolute Gasteiger partial charge is 0.453 e. The number of hydrogen-bond donors (Lipinski definition) is 0. The number of rotatable bonds is 4. The Morgan fingerprint density at radius 2 is 0.500 bits per heavy atom. The quantitative estimate of drug-likeness (QED) is 0.175. The minimum Gasteiger partial charge on any atom is -0.391 e. The van der Waals surface area contributed by atoms with E-state index in [4.69, 9.17) is 25.8 Å². The molecule has 0 N–H and O–H groups in total. The van der Waals surface area contributed by atoms with E-state index in [9.17, 15) is 0 Å². The molecule has 5 aromatic carbocycles. The van der Waals surface area contributed by atoms with Crippen LogP contribution in [-0.4, -0.2) is 0 Å². The summed E-state index contributed by atoms with van der Waals surface area (Å²) in [5.74, 6) is 1.09. The summed E-state index contributed by atoms with van der Waals surface area (Å²) in [4.78, 5) is 0. The van der Waals surface area contributed by atoms with Crippen molar-refractivity contribution in [3.63, 3.8) is 0 Å². The maximum Gasteiger partial charge on any atom is 0.453 e. The molecule has 8 heteroatoms. The molecule has 0 aliphatic rings. The summed E-state index contributed by atoms with van der Waals surface area (Å²) in [5, 5.41) is 4.09. The molecule has 2 heterocycles. The number of hydrogen-bond acceptors (Lipinski definition) is 6. The van der Waals surface area contributed by atoms with Crippen LogP contribution in [0.4, 0.5) is 0 Å². The van der Waals surface area contributed by atoms with E-state index in [1.54, 1.807) is 0 Å². The third-order valence-electron chi connectivity index (χ3n) is 13.5. The van der Waals surface area contributed by atoms with Gasteiger partial charge in [-0.15, -0.1) is 0 Å². The van der Waals surface area contributed by atoms with E-state index in [0.29, 0.717) is 11.5 Å². The molecular weight excluding hydrogens is 903 g/mol. The molecule has 7 rings (SSSR count). The van der Waals surface area contributed by atoms with Crippen LogP contribution in [0.1, 0.15) is 211 Å². The Bertz CT molecular complexity index is 2810. The molecule has 0 fully saturated rings. The molecule has 0 saturated heterocycles. The van der Waals surface area contributed by atoms with Gasteiger partial charge in [-0.3, -0.25) is 0 Å². The first-order valence-corrected chi connectivity index (χ1v) is 27.5. The lowest BCUT2D eigenvalue weighted by Gasteiger charge is -2.27. The molecule has 0 spiro atoms. The van der Waals surface area contributed by atoms with Crippen LogP contribution in [0, 0.1) is 0 Å². The van der Waals surface area contributed by atoms with Crippen LogP contribution in [0.25, 0.3) is 43.9 Å². The highest BCUT2D eigenvalue weighted by atomic mass is 31.1. The van der Waals surface area contributed by atoms with Crippen LogP contribution in [0.5, 0.6) is 11.5 Å². The summed E-state index contributed by atoms with van der Waals surface area (Å²) in [5.41, 5.74) is 11.1. The Morgan fingerprint density at radius 3 is 0.686 bits per heavy atom. The molecule has 0 saturated carbocycles. The van der Waals surface area contributed by atoms with Gasteiger partial charge in [-0.25, -0.2) is 0 Å². The average Bonchev–Trinajstić information content (AvgIpc) is 3.43. The van der Waals surface area contributed by atoms with Gasteiger partial charge in [0, 0.05) is 49.9 Å². The lowest BCUT2D eigenvalue weighted by Crippen LogP contribution is -2.17. The van der Waals surface area contributed by atoms with E-state index in [2.05, 4.69) is 215 Å². The van der Waals surface area contributed by atoms with Gasteiger partial charge in [0.25, 0.3) is 0 Å². The van der Waals surface area contributed by atoms with Gasteiger partial charge >= 0.3 is 16.5 Å². The first kappa shape index (κ1) is 53.3. The lowest BCUT2D eigenvalue weighted by molar-refractivity contribution is 0.478. The van der Waals surface area contributed by atoms with Crippen LogP contribution in [0.15, 0.2) is 89.6 Å². The van der Waals surface area contributed by atoms with Crippen molar-refractivity contribution in [2.75, 3.05) is 0 Å². The number of fused-ring (bicyclic) bond motifs is 6. The molecule has 0 unspecified atom stereocenters. The molecule has 6 nitrogen and oxygen atoms in total. The Hall–Kier alpha value is -4.50. The van der Waals surface area contributed by atoms with E-state index >= 15 is 0 Å². The molecule has 0 bridgehead atoms. The van der Waals surface area contributed by atoms with Crippen molar-refractivity contribution in [1.29, 1.82) is 0 Å². The SMILES string of the molecule is CC(C)(C)c1cc(C(C)(C)C)c2op(Oc3cccc(Op4oc5c(C(C)(C)C)cc(C(C)(C)C)cc5c5cc(C(C)(C)C)cc(C(C)(C)C)c5o4)c3)oc3c(C(C)(C)C)cc(C(C)(C)C)cc3c2c1. The predicted octanol–water partition coefficient (Wildman–Crippen LogP) is 21.0. The predicted molar refractivity (Wildman–Crippen MR) is 301 cm³/mol. The summed E-state index contributed by atoms with van der Waals surface area (Å²) in [6.45, 7) is 54.3. The molecule has 70 heavy (non-hydrogen) atoms. The van der Waals surface area contributed by atoms with Gasteiger partial charge in [-0.2, -0.15) is 0 Å². The fourth-order valence-corrected chi connectivity index (χ4v) is 11.0. The zero-order valence-electron chi connectivity index (χ0n) is 47.3. The third kappa shape index (κ3) is 11.1. The minimum atomic E-state index is -2.03. The fraction of sp³-hybridized carbons (Fsp3) is 0.516. The van der Waals surface area contributed by atoms with Gasteiger partial charge in [0.05, 0.1) is 0 Å². The first-order valence-electron chi connectivity index (χ1n) is 25.3. The van der Waals surface area contributed by atoms with Crippen molar-refractivity contribution in [2.45, 2.75) is 209 Å². The monoisotopic (exact) mass is 987 g/mol. The highest BCUT2D eigenvalue weighted by Crippen LogP contribution is 2.49. The topological polar surface area (TPSA) is 71.0 Å². The van der Waals surface area contributed by atoms with E-state index in [0.717, 1.165) is 66.1 Å². The summed E-state index contributed by atoms with van der Waals surface area (Å²) in [6, 6.07) is 26.2. The Balaban J connectivity index is 1.50. The van der Waals surface area contributed by atoms with Crippen LogP contribution < -0.4 is 9.05 Å². The van der Waals surface area contributed by atoms with Crippen molar-refractivity contribution in [3.05, 3.63) is 117 Å². The van der Waals surface area contributed by atoms with Crippen molar-refractivity contribution in [3.8, 4) is 11.5 Å². The first-order chi connectivity index (χ1) is 31.7. The summed E-state index contributed by atoms with van der Waals surface area (Å²) >= 11 is 0. The fourth-order valence-electron chi connectivity index (χ4n) is 8.84. The van der Waals surface area contributed by atoms with Crippen LogP contribution in [0.2, 0.25) is 0 Å². The second kappa shape index (κ2) is 17.6. The minimum absolute atomic E-state index is 0.109. The maximum absolute atomic E-state index is 7.14. The second-order valence-electron chi connectivity index (χ2n) is 28.1. The maximum atomic E-state index is 7.14. The third-order valence-corrected chi connectivity index (χ3v) is 15.5. The standard InChI is InChI=1S/C62H84O6P2/c1-55(2,3)37-28-43-44-29-38(56(4,5)6)33-48(60(16,17)18)52(44)66-69(65-51(43)47(32-37)59(13,14)15)63-41-26-25-27-42(36-41)64-70-67-53-45(30-39(57(7,8)9)34-49(53)61(19,20)21)46-31-40(58(10,11)12)35-50(54(46)68-70)62(22,23)24/h25-36H,1-24H3. The molecule has 0 aliphatic carbocycles. The van der Waals surface area contributed by atoms with Gasteiger partial charge in [-0.1, -0.05) is 197 Å². The van der Waals surface area contributed by atoms with Crippen molar-refractivity contribution in [1.82, 2.24) is 0 Å². The van der Waals surface area contributed by atoms with Gasteiger partial charge in [-0.05, 0) is 102 Å². The van der Waals surface area contributed by atoms with Gasteiger partial charge in [0.15, 0.2) is 0 Å². The van der Waals surface area contributed by atoms with Gasteiger partial charge < -0.3 is 25.8 Å². The van der Waals surface area contributed by atoms with Crippen molar-refractivity contribution < 1.29 is 25.8 Å². The molecule has 0 radical (unpaired) electrons. The highest BCUT2D eigenvalue weighted by Gasteiger charge is 2.32. The Labute approximate surface area is 422 Å². The molecule has 0 amide bonds. The second-order valence-corrected chi connectivity index (χ2v) is 30.1. The van der Waals surface area contributed by atoms with Crippen molar-refractivity contribution >= 4 is 60.4 Å². The van der Waals surface area contributed by atoms with Gasteiger partial charge in [0.1, 0.15) is 33.8 Å². The zero-order valence-corrected chi connectivity index (χ0v) is 49.1. The molecule has 7 aromatic rings. The zero-order chi connectivity index (χ0) is 52.3. The highest BCUT2D eigenvalue weighted by molar-refractivity contribution is 7.32. The van der Waals surface area contributed by atoms with E-state index < -0.39 is 16.5 Å². The number of benzene rings is 5. The smallest absolute Gasteiger partial charge is 0.391 e. The summed E-state index contributed by atoms with van der Waals surface area (Å²) < 4.78 is 42.4. The molecule has 378 valence electrons. The van der Waals surface area contributed by atoms with Crippen molar-refractivity contribution in [2.24, 2.45) is 0 Å².